The summed E-state index contributed by atoms with van der Waals surface area (Å²) in [5.41, 5.74) is 3.29. The molecule has 0 aliphatic carbocycles. The fourth-order valence-corrected chi connectivity index (χ4v) is 3.76. The number of ether oxygens (including phenoxy) is 1. The zero-order valence-electron chi connectivity index (χ0n) is 17.1. The average Bonchev–Trinajstić information content (AvgIpc) is 3.52. The molecule has 162 valence electrons. The molecule has 0 bridgehead atoms. The van der Waals surface area contributed by atoms with Crippen molar-refractivity contribution in [2.45, 2.75) is 0 Å². The van der Waals surface area contributed by atoms with Crippen LogP contribution in [0, 0.1) is 0 Å². The van der Waals surface area contributed by atoms with Gasteiger partial charge >= 0.3 is 5.97 Å². The molecule has 2 heterocycles. The smallest absolute Gasteiger partial charge is 0.378 e. The molecule has 0 saturated heterocycles. The van der Waals surface area contributed by atoms with Crippen LogP contribution in [0.5, 0.6) is 0 Å². The number of nitrogens with zero attached hydrogens (tertiary/aromatic N) is 5. The lowest BCUT2D eigenvalue weighted by molar-refractivity contribution is -0.119. The van der Waals surface area contributed by atoms with Gasteiger partial charge < -0.3 is 10.1 Å². The highest BCUT2D eigenvalue weighted by Crippen LogP contribution is 2.22. The molecule has 5 aromatic rings. The van der Waals surface area contributed by atoms with Crippen LogP contribution in [0.4, 0.5) is 5.69 Å². The lowest BCUT2D eigenvalue weighted by Crippen LogP contribution is -2.21. The van der Waals surface area contributed by atoms with E-state index in [0.29, 0.717) is 22.5 Å². The number of hydrogen-bond acceptors (Lipinski definition) is 8. The molecular weight excluding hydrogens is 440 g/mol. The second kappa shape index (κ2) is 8.97. The van der Waals surface area contributed by atoms with E-state index < -0.39 is 18.5 Å². The standard InChI is InChI=1S/C23H16N6O3S/c30-19(24-17-12-7-13-18-20(17)28-33-27-18)14-32-23(31)21-25-22(15-8-3-1-4-9-15)29(26-21)16-10-5-2-6-11-16/h1-13H,14H2,(H,24,30). The largest absolute Gasteiger partial charge is 0.450 e. The number of hydrogen-bond donors (Lipinski definition) is 1. The highest BCUT2D eigenvalue weighted by Gasteiger charge is 2.21. The molecule has 0 atom stereocenters. The summed E-state index contributed by atoms with van der Waals surface area (Å²) in [7, 11) is 0. The van der Waals surface area contributed by atoms with Gasteiger partial charge in [0.1, 0.15) is 11.0 Å². The Labute approximate surface area is 192 Å². The summed E-state index contributed by atoms with van der Waals surface area (Å²) >= 11 is 1.05. The molecule has 0 unspecified atom stereocenters. The Kier molecular flexibility index (Phi) is 5.56. The van der Waals surface area contributed by atoms with Crippen molar-refractivity contribution in [3.05, 3.63) is 84.7 Å². The van der Waals surface area contributed by atoms with Crippen molar-refractivity contribution in [2.75, 3.05) is 11.9 Å². The molecule has 2 aromatic heterocycles. The Morgan fingerprint density at radius 1 is 0.909 bits per heavy atom. The monoisotopic (exact) mass is 456 g/mol. The van der Waals surface area contributed by atoms with Gasteiger partial charge in [-0.1, -0.05) is 54.6 Å². The molecule has 0 fully saturated rings. The maximum atomic E-state index is 12.6. The zero-order chi connectivity index (χ0) is 22.6. The number of amides is 1. The summed E-state index contributed by atoms with van der Waals surface area (Å²) in [6.45, 7) is -0.493. The highest BCUT2D eigenvalue weighted by molar-refractivity contribution is 7.00. The first-order valence-electron chi connectivity index (χ1n) is 9.95. The molecule has 10 heteroatoms. The quantitative estimate of drug-likeness (QED) is 0.387. The maximum Gasteiger partial charge on any atom is 0.378 e. The third kappa shape index (κ3) is 4.32. The lowest BCUT2D eigenvalue weighted by atomic mass is 10.2. The van der Waals surface area contributed by atoms with Crippen molar-refractivity contribution in [3.8, 4) is 17.1 Å². The van der Waals surface area contributed by atoms with Gasteiger partial charge in [-0.2, -0.15) is 8.75 Å². The van der Waals surface area contributed by atoms with E-state index in [4.69, 9.17) is 4.74 Å². The third-order valence-corrected chi connectivity index (χ3v) is 5.26. The molecule has 0 aliphatic heterocycles. The minimum Gasteiger partial charge on any atom is -0.450 e. The highest BCUT2D eigenvalue weighted by atomic mass is 32.1. The SMILES string of the molecule is O=C(COC(=O)c1nc(-c2ccccc2)n(-c2ccccc2)n1)Nc1cccc2nsnc12. The van der Waals surface area contributed by atoms with Gasteiger partial charge in [-0.3, -0.25) is 4.79 Å². The van der Waals surface area contributed by atoms with Crippen molar-refractivity contribution in [2.24, 2.45) is 0 Å². The first-order chi connectivity index (χ1) is 16.2. The minimum atomic E-state index is -0.800. The molecule has 1 amide bonds. The van der Waals surface area contributed by atoms with Gasteiger partial charge in [-0.15, -0.1) is 5.10 Å². The topological polar surface area (TPSA) is 112 Å². The van der Waals surface area contributed by atoms with Crippen molar-refractivity contribution >= 4 is 40.3 Å². The lowest BCUT2D eigenvalue weighted by Gasteiger charge is -2.05. The third-order valence-electron chi connectivity index (χ3n) is 4.72. The summed E-state index contributed by atoms with van der Waals surface area (Å²) in [5, 5.41) is 7.02. The first-order valence-corrected chi connectivity index (χ1v) is 10.7. The first kappa shape index (κ1) is 20.5. The summed E-state index contributed by atoms with van der Waals surface area (Å²) < 4.78 is 15.1. The van der Waals surface area contributed by atoms with E-state index in [-0.39, 0.29) is 5.82 Å². The molecule has 0 radical (unpaired) electrons. The molecule has 33 heavy (non-hydrogen) atoms. The Hall–Kier alpha value is -4.44. The van der Waals surface area contributed by atoms with Gasteiger partial charge in [-0.25, -0.2) is 14.5 Å². The van der Waals surface area contributed by atoms with Crippen LogP contribution in [0.1, 0.15) is 10.6 Å². The number of rotatable bonds is 6. The maximum absolute atomic E-state index is 12.6. The summed E-state index contributed by atoms with van der Waals surface area (Å²) in [4.78, 5) is 29.4. The van der Waals surface area contributed by atoms with Crippen molar-refractivity contribution in [1.29, 1.82) is 0 Å². The normalized spacial score (nSPS) is 10.8. The van der Waals surface area contributed by atoms with Gasteiger partial charge in [-0.05, 0) is 24.3 Å². The van der Waals surface area contributed by atoms with Crippen molar-refractivity contribution < 1.29 is 14.3 Å². The number of carbonyl (C=O) groups excluding carboxylic acids is 2. The summed E-state index contributed by atoms with van der Waals surface area (Å²) in [5.74, 6) is -0.961. The van der Waals surface area contributed by atoms with E-state index >= 15 is 0 Å². The van der Waals surface area contributed by atoms with Crippen LogP contribution in [0.25, 0.3) is 28.1 Å². The van der Waals surface area contributed by atoms with Crippen LogP contribution in [0.15, 0.2) is 78.9 Å². The number of carbonyl (C=O) groups is 2. The van der Waals surface area contributed by atoms with Gasteiger partial charge in [0.15, 0.2) is 12.4 Å². The molecule has 1 N–H and O–H groups in total. The Bertz CT molecular complexity index is 1380. The predicted molar refractivity (Wildman–Crippen MR) is 123 cm³/mol. The Morgan fingerprint density at radius 2 is 1.67 bits per heavy atom. The molecular formula is C23H16N6O3S. The van der Waals surface area contributed by atoms with Crippen molar-refractivity contribution in [1.82, 2.24) is 23.5 Å². The molecule has 3 aromatic carbocycles. The van der Waals surface area contributed by atoms with Crippen LogP contribution < -0.4 is 5.32 Å². The minimum absolute atomic E-state index is 0.142. The fraction of sp³-hybridized carbons (Fsp3) is 0.0435. The summed E-state index contributed by atoms with van der Waals surface area (Å²) in [6, 6.07) is 24.0. The van der Waals surface area contributed by atoms with E-state index in [1.54, 1.807) is 22.9 Å². The number of para-hydroxylation sites is 1. The van der Waals surface area contributed by atoms with E-state index in [2.05, 4.69) is 24.1 Å². The van der Waals surface area contributed by atoms with Gasteiger partial charge in [0.25, 0.3) is 11.7 Å². The van der Waals surface area contributed by atoms with E-state index in [1.807, 2.05) is 60.7 Å². The second-order valence-electron chi connectivity index (χ2n) is 6.93. The molecule has 0 saturated carbocycles. The number of fused-ring (bicyclic) bond motifs is 1. The van der Waals surface area contributed by atoms with Crippen LogP contribution >= 0.6 is 11.7 Å². The van der Waals surface area contributed by atoms with Crippen LogP contribution in [0.3, 0.4) is 0 Å². The van der Waals surface area contributed by atoms with Crippen LogP contribution in [-0.2, 0) is 9.53 Å². The molecule has 5 rings (SSSR count). The number of benzene rings is 3. The van der Waals surface area contributed by atoms with Crippen LogP contribution in [-0.4, -0.2) is 42.0 Å². The average molecular weight is 456 g/mol. The van der Waals surface area contributed by atoms with Gasteiger partial charge in [0.05, 0.1) is 23.1 Å². The second-order valence-corrected chi connectivity index (χ2v) is 7.46. The Balaban J connectivity index is 1.34. The van der Waals surface area contributed by atoms with Crippen LogP contribution in [0.2, 0.25) is 0 Å². The van der Waals surface area contributed by atoms with Gasteiger partial charge in [0, 0.05) is 5.56 Å². The van der Waals surface area contributed by atoms with E-state index in [0.717, 1.165) is 23.0 Å². The molecule has 0 spiro atoms. The molecule has 0 aliphatic rings. The summed E-state index contributed by atoms with van der Waals surface area (Å²) in [6.07, 6.45) is 0. The van der Waals surface area contributed by atoms with Gasteiger partial charge in [0.2, 0.25) is 0 Å². The molecule has 9 nitrogen and oxygen atoms in total. The van der Waals surface area contributed by atoms with E-state index in [1.165, 1.54) is 0 Å². The number of nitrogens with one attached hydrogen (secondary N) is 1. The number of esters is 1. The van der Waals surface area contributed by atoms with E-state index in [9.17, 15) is 9.59 Å². The fourth-order valence-electron chi connectivity index (χ4n) is 3.21. The number of anilines is 1. The zero-order valence-corrected chi connectivity index (χ0v) is 17.9. The number of aromatic nitrogens is 5. The Morgan fingerprint density at radius 3 is 2.45 bits per heavy atom. The van der Waals surface area contributed by atoms with Crippen molar-refractivity contribution in [3.63, 3.8) is 0 Å². The predicted octanol–water partition coefficient (Wildman–Crippen LogP) is 3.73.